The molecule has 0 radical (unpaired) electrons. The molecule has 17 heavy (non-hydrogen) atoms. The molecule has 2 rings (SSSR count). The smallest absolute Gasteiger partial charge is 0.305 e. The van der Waals surface area contributed by atoms with Crippen LogP contribution in [0.2, 0.25) is 0 Å². The Balaban J connectivity index is 1.53. The minimum atomic E-state index is -0.0638. The monoisotopic (exact) mass is 241 g/mol. The van der Waals surface area contributed by atoms with Crippen molar-refractivity contribution in [1.82, 2.24) is 5.32 Å². The summed E-state index contributed by atoms with van der Waals surface area (Å²) in [5.41, 5.74) is 0. The van der Waals surface area contributed by atoms with Crippen LogP contribution in [0.15, 0.2) is 0 Å². The van der Waals surface area contributed by atoms with Crippen molar-refractivity contribution in [2.24, 2.45) is 5.92 Å². The second-order valence-corrected chi connectivity index (χ2v) is 5.07. The number of rotatable bonds is 5. The van der Waals surface area contributed by atoms with E-state index in [1.807, 2.05) is 0 Å². The second kappa shape index (κ2) is 6.97. The highest BCUT2D eigenvalue weighted by molar-refractivity contribution is 5.69. The fourth-order valence-electron chi connectivity index (χ4n) is 2.48. The number of esters is 1. The van der Waals surface area contributed by atoms with Gasteiger partial charge in [0.05, 0.1) is 6.10 Å². The third kappa shape index (κ3) is 4.64. The van der Waals surface area contributed by atoms with Crippen LogP contribution < -0.4 is 5.32 Å². The number of carbonyl (C=O) groups is 1. The third-order valence-corrected chi connectivity index (χ3v) is 3.62. The zero-order chi connectivity index (χ0) is 11.9. The molecule has 2 unspecified atom stereocenters. The highest BCUT2D eigenvalue weighted by Crippen LogP contribution is 2.16. The van der Waals surface area contributed by atoms with E-state index in [1.54, 1.807) is 0 Å². The Kier molecular flexibility index (Phi) is 5.26. The maximum Gasteiger partial charge on any atom is 0.305 e. The molecular weight excluding hydrogens is 218 g/mol. The first-order valence-corrected chi connectivity index (χ1v) is 6.82. The van der Waals surface area contributed by atoms with E-state index in [0.29, 0.717) is 18.9 Å². The van der Waals surface area contributed by atoms with Crippen LogP contribution in [0.25, 0.3) is 0 Å². The zero-order valence-electron chi connectivity index (χ0n) is 10.5. The Bertz CT molecular complexity index is 233. The molecule has 98 valence electrons. The molecule has 2 aliphatic heterocycles. The quantitative estimate of drug-likeness (QED) is 0.741. The predicted molar refractivity (Wildman–Crippen MR) is 64.8 cm³/mol. The normalized spacial score (nSPS) is 29.2. The van der Waals surface area contributed by atoms with E-state index in [-0.39, 0.29) is 12.1 Å². The van der Waals surface area contributed by atoms with E-state index in [9.17, 15) is 4.79 Å². The van der Waals surface area contributed by atoms with Gasteiger partial charge in [0, 0.05) is 13.0 Å². The number of hydrogen-bond donors (Lipinski definition) is 1. The van der Waals surface area contributed by atoms with Crippen molar-refractivity contribution in [3.63, 3.8) is 0 Å². The Labute approximate surface area is 103 Å². The highest BCUT2D eigenvalue weighted by Gasteiger charge is 2.18. The second-order valence-electron chi connectivity index (χ2n) is 5.07. The minimum Gasteiger partial charge on any atom is -0.463 e. The lowest BCUT2D eigenvalue weighted by molar-refractivity contribution is -0.149. The molecule has 0 aromatic rings. The van der Waals surface area contributed by atoms with Crippen molar-refractivity contribution in [3.05, 3.63) is 0 Å². The van der Waals surface area contributed by atoms with Crippen LogP contribution in [0.4, 0.5) is 0 Å². The van der Waals surface area contributed by atoms with Gasteiger partial charge in [-0.1, -0.05) is 0 Å². The largest absolute Gasteiger partial charge is 0.463 e. The Morgan fingerprint density at radius 1 is 1.35 bits per heavy atom. The first-order valence-electron chi connectivity index (χ1n) is 6.82. The molecule has 4 nitrogen and oxygen atoms in total. The fraction of sp³-hybridized carbons (Fsp3) is 0.923. The molecule has 0 spiro atoms. The molecule has 2 fully saturated rings. The first-order chi connectivity index (χ1) is 8.34. The van der Waals surface area contributed by atoms with Crippen LogP contribution in [-0.2, 0) is 14.3 Å². The first kappa shape index (κ1) is 12.8. The van der Waals surface area contributed by atoms with E-state index in [0.717, 1.165) is 39.0 Å². The number of ether oxygens (including phenoxy) is 2. The van der Waals surface area contributed by atoms with Crippen LogP contribution in [0.3, 0.4) is 0 Å². The SMILES string of the molecule is O=C(CCC1CCNC1)OCC1CCCCO1. The topological polar surface area (TPSA) is 47.6 Å². The molecule has 0 aromatic heterocycles. The average molecular weight is 241 g/mol. The maximum atomic E-state index is 11.5. The number of hydrogen-bond acceptors (Lipinski definition) is 4. The Hall–Kier alpha value is -0.610. The fourth-order valence-corrected chi connectivity index (χ4v) is 2.48. The van der Waals surface area contributed by atoms with E-state index >= 15 is 0 Å². The average Bonchev–Trinajstić information content (AvgIpc) is 2.88. The molecular formula is C13H23NO3. The van der Waals surface area contributed by atoms with Gasteiger partial charge in [-0.05, 0) is 51.1 Å². The summed E-state index contributed by atoms with van der Waals surface area (Å²) in [7, 11) is 0. The summed E-state index contributed by atoms with van der Waals surface area (Å²) >= 11 is 0. The molecule has 2 aliphatic rings. The zero-order valence-corrected chi connectivity index (χ0v) is 10.5. The van der Waals surface area contributed by atoms with Gasteiger partial charge < -0.3 is 14.8 Å². The number of nitrogens with one attached hydrogen (secondary N) is 1. The molecule has 1 N–H and O–H groups in total. The van der Waals surface area contributed by atoms with Crippen molar-refractivity contribution in [2.75, 3.05) is 26.3 Å². The van der Waals surface area contributed by atoms with Gasteiger partial charge in [-0.25, -0.2) is 0 Å². The molecule has 0 bridgehead atoms. The molecule has 2 heterocycles. The third-order valence-electron chi connectivity index (χ3n) is 3.62. The van der Waals surface area contributed by atoms with Crippen LogP contribution in [-0.4, -0.2) is 38.4 Å². The summed E-state index contributed by atoms with van der Waals surface area (Å²) in [6.07, 6.45) is 6.20. The molecule has 4 heteroatoms. The van der Waals surface area contributed by atoms with Crippen molar-refractivity contribution in [1.29, 1.82) is 0 Å². The molecule has 2 saturated heterocycles. The summed E-state index contributed by atoms with van der Waals surface area (Å²) in [6, 6.07) is 0. The van der Waals surface area contributed by atoms with E-state index in [4.69, 9.17) is 9.47 Å². The summed E-state index contributed by atoms with van der Waals surface area (Å²) in [5.74, 6) is 0.597. The van der Waals surface area contributed by atoms with Crippen molar-refractivity contribution in [2.45, 2.75) is 44.6 Å². The van der Waals surface area contributed by atoms with Gasteiger partial charge in [0.25, 0.3) is 0 Å². The lowest BCUT2D eigenvalue weighted by atomic mass is 10.0. The molecule has 0 amide bonds. The van der Waals surface area contributed by atoms with Gasteiger partial charge in [0.1, 0.15) is 6.61 Å². The van der Waals surface area contributed by atoms with Crippen molar-refractivity contribution in [3.8, 4) is 0 Å². The van der Waals surface area contributed by atoms with Crippen LogP contribution in [0.5, 0.6) is 0 Å². The minimum absolute atomic E-state index is 0.0638. The molecule has 0 saturated carbocycles. The predicted octanol–water partition coefficient (Wildman–Crippen LogP) is 1.49. The van der Waals surface area contributed by atoms with E-state index in [1.165, 1.54) is 12.8 Å². The van der Waals surface area contributed by atoms with Gasteiger partial charge in [-0.15, -0.1) is 0 Å². The number of carbonyl (C=O) groups excluding carboxylic acids is 1. The van der Waals surface area contributed by atoms with Crippen molar-refractivity contribution < 1.29 is 14.3 Å². The van der Waals surface area contributed by atoms with Crippen LogP contribution >= 0.6 is 0 Å². The Morgan fingerprint density at radius 2 is 2.29 bits per heavy atom. The molecule has 2 atom stereocenters. The molecule has 0 aromatic carbocycles. The lowest BCUT2D eigenvalue weighted by Gasteiger charge is -2.22. The summed E-state index contributed by atoms with van der Waals surface area (Å²) < 4.78 is 10.8. The van der Waals surface area contributed by atoms with Gasteiger partial charge in [0.2, 0.25) is 0 Å². The Morgan fingerprint density at radius 3 is 3.00 bits per heavy atom. The maximum absolute atomic E-state index is 11.5. The molecule has 0 aliphatic carbocycles. The van der Waals surface area contributed by atoms with Gasteiger partial charge in [0.15, 0.2) is 0 Å². The van der Waals surface area contributed by atoms with Crippen LogP contribution in [0, 0.1) is 5.92 Å². The van der Waals surface area contributed by atoms with Gasteiger partial charge >= 0.3 is 5.97 Å². The lowest BCUT2D eigenvalue weighted by Crippen LogP contribution is -2.26. The van der Waals surface area contributed by atoms with E-state index < -0.39 is 0 Å². The standard InChI is InChI=1S/C13H23NO3/c15-13(5-4-11-6-7-14-9-11)17-10-12-3-1-2-8-16-12/h11-12,14H,1-10H2. The summed E-state index contributed by atoms with van der Waals surface area (Å²) in [4.78, 5) is 11.5. The van der Waals surface area contributed by atoms with Gasteiger partial charge in [-0.3, -0.25) is 4.79 Å². The van der Waals surface area contributed by atoms with Crippen LogP contribution in [0.1, 0.15) is 38.5 Å². The van der Waals surface area contributed by atoms with Gasteiger partial charge in [-0.2, -0.15) is 0 Å². The highest BCUT2D eigenvalue weighted by atomic mass is 16.6. The van der Waals surface area contributed by atoms with Crippen molar-refractivity contribution >= 4 is 5.97 Å². The summed E-state index contributed by atoms with van der Waals surface area (Å²) in [6.45, 7) is 3.41. The van der Waals surface area contributed by atoms with E-state index in [2.05, 4.69) is 5.32 Å². The summed E-state index contributed by atoms with van der Waals surface area (Å²) in [5, 5.41) is 3.31.